The van der Waals surface area contributed by atoms with Crippen LogP contribution in [0, 0.1) is 5.92 Å². The van der Waals surface area contributed by atoms with Crippen molar-refractivity contribution in [3.05, 3.63) is 29.8 Å². The van der Waals surface area contributed by atoms with Crippen LogP contribution in [0.5, 0.6) is 5.75 Å². The highest BCUT2D eigenvalue weighted by Gasteiger charge is 2.27. The molecule has 2 nitrogen and oxygen atoms in total. The fourth-order valence-electron chi connectivity index (χ4n) is 1.66. The molecule has 2 N–H and O–H groups in total. The lowest BCUT2D eigenvalue weighted by atomic mass is 10.2. The molecule has 0 saturated heterocycles. The van der Waals surface area contributed by atoms with Gasteiger partial charge in [-0.25, -0.2) is 0 Å². The van der Waals surface area contributed by atoms with Gasteiger partial charge in [0.15, 0.2) is 0 Å². The van der Waals surface area contributed by atoms with Gasteiger partial charge >= 0.3 is 0 Å². The van der Waals surface area contributed by atoms with E-state index >= 15 is 0 Å². The predicted octanol–water partition coefficient (Wildman–Crippen LogP) is 2.28. The zero-order valence-electron chi connectivity index (χ0n) is 8.53. The highest BCUT2D eigenvalue weighted by atomic mass is 16.3. The van der Waals surface area contributed by atoms with Gasteiger partial charge in [-0.05, 0) is 43.4 Å². The van der Waals surface area contributed by atoms with E-state index < -0.39 is 0 Å². The van der Waals surface area contributed by atoms with Crippen molar-refractivity contribution in [2.45, 2.75) is 32.4 Å². The van der Waals surface area contributed by atoms with Gasteiger partial charge in [0.05, 0.1) is 0 Å². The molecule has 14 heavy (non-hydrogen) atoms. The third-order valence-electron chi connectivity index (χ3n) is 2.89. The molecule has 0 radical (unpaired) electrons. The Labute approximate surface area is 85.0 Å². The highest BCUT2D eigenvalue weighted by molar-refractivity contribution is 5.25. The zero-order chi connectivity index (χ0) is 9.97. The highest BCUT2D eigenvalue weighted by Crippen LogP contribution is 2.32. The van der Waals surface area contributed by atoms with Crippen LogP contribution in [0.25, 0.3) is 0 Å². The number of aromatic hydroxyl groups is 1. The van der Waals surface area contributed by atoms with Gasteiger partial charge in [0.2, 0.25) is 0 Å². The summed E-state index contributed by atoms with van der Waals surface area (Å²) >= 11 is 0. The maximum absolute atomic E-state index is 9.11. The minimum absolute atomic E-state index is 0.337. The number of hydrogen-bond donors (Lipinski definition) is 2. The molecule has 1 saturated carbocycles. The second kappa shape index (κ2) is 4.01. The SMILES string of the molecule is C[C@@H](NCc1ccc(O)cc1)C1CC1. The smallest absolute Gasteiger partial charge is 0.115 e. The second-order valence-corrected chi connectivity index (χ2v) is 4.17. The van der Waals surface area contributed by atoms with Crippen molar-refractivity contribution >= 4 is 0 Å². The first-order chi connectivity index (χ1) is 6.75. The van der Waals surface area contributed by atoms with Gasteiger partial charge < -0.3 is 10.4 Å². The molecular weight excluding hydrogens is 174 g/mol. The van der Waals surface area contributed by atoms with Crippen molar-refractivity contribution in [1.29, 1.82) is 0 Å². The quantitative estimate of drug-likeness (QED) is 0.765. The lowest BCUT2D eigenvalue weighted by Crippen LogP contribution is -2.27. The summed E-state index contributed by atoms with van der Waals surface area (Å²) in [4.78, 5) is 0. The fourth-order valence-corrected chi connectivity index (χ4v) is 1.66. The Kier molecular flexibility index (Phi) is 2.73. The van der Waals surface area contributed by atoms with Crippen molar-refractivity contribution in [2.24, 2.45) is 5.92 Å². The molecule has 0 heterocycles. The summed E-state index contributed by atoms with van der Waals surface area (Å²) in [6.07, 6.45) is 2.76. The normalized spacial score (nSPS) is 18.1. The van der Waals surface area contributed by atoms with Crippen LogP contribution in [-0.2, 0) is 6.54 Å². The second-order valence-electron chi connectivity index (χ2n) is 4.17. The number of hydrogen-bond acceptors (Lipinski definition) is 2. The van der Waals surface area contributed by atoms with Gasteiger partial charge in [-0.1, -0.05) is 12.1 Å². The molecule has 0 spiro atoms. The summed E-state index contributed by atoms with van der Waals surface area (Å²) in [5.74, 6) is 1.23. The number of phenols is 1. The monoisotopic (exact) mass is 191 g/mol. The van der Waals surface area contributed by atoms with E-state index in [1.54, 1.807) is 12.1 Å². The van der Waals surface area contributed by atoms with E-state index in [1.165, 1.54) is 18.4 Å². The van der Waals surface area contributed by atoms with Gasteiger partial charge in [-0.2, -0.15) is 0 Å². The van der Waals surface area contributed by atoms with E-state index in [1.807, 2.05) is 12.1 Å². The maximum Gasteiger partial charge on any atom is 0.115 e. The number of nitrogens with one attached hydrogen (secondary N) is 1. The molecule has 1 aromatic carbocycles. The molecule has 1 aliphatic rings. The number of benzene rings is 1. The van der Waals surface area contributed by atoms with Gasteiger partial charge in [0.1, 0.15) is 5.75 Å². The van der Waals surface area contributed by atoms with Crippen molar-refractivity contribution < 1.29 is 5.11 Å². The molecule has 2 rings (SSSR count). The van der Waals surface area contributed by atoms with Crippen LogP contribution in [0.2, 0.25) is 0 Å². The van der Waals surface area contributed by atoms with Gasteiger partial charge in [0.25, 0.3) is 0 Å². The summed E-state index contributed by atoms with van der Waals surface area (Å²) in [6, 6.07) is 8.02. The minimum atomic E-state index is 0.337. The third kappa shape index (κ3) is 2.48. The number of phenolic OH excluding ortho intramolecular Hbond substituents is 1. The molecule has 0 unspecified atom stereocenters. The first-order valence-corrected chi connectivity index (χ1v) is 5.27. The van der Waals surface area contributed by atoms with E-state index in [9.17, 15) is 0 Å². The van der Waals surface area contributed by atoms with Crippen LogP contribution in [-0.4, -0.2) is 11.1 Å². The topological polar surface area (TPSA) is 32.3 Å². The van der Waals surface area contributed by atoms with Crippen molar-refractivity contribution in [3.63, 3.8) is 0 Å². The summed E-state index contributed by atoms with van der Waals surface area (Å²) in [7, 11) is 0. The van der Waals surface area contributed by atoms with E-state index in [0.717, 1.165) is 12.5 Å². The van der Waals surface area contributed by atoms with Gasteiger partial charge in [0, 0.05) is 12.6 Å². The van der Waals surface area contributed by atoms with Gasteiger partial charge in [-0.15, -0.1) is 0 Å². The summed E-state index contributed by atoms with van der Waals surface area (Å²) in [5.41, 5.74) is 1.23. The largest absolute Gasteiger partial charge is 0.508 e. The molecular formula is C12H17NO. The molecule has 0 amide bonds. The molecule has 1 fully saturated rings. The Morgan fingerprint density at radius 1 is 1.36 bits per heavy atom. The minimum Gasteiger partial charge on any atom is -0.508 e. The molecule has 76 valence electrons. The van der Waals surface area contributed by atoms with E-state index in [-0.39, 0.29) is 0 Å². The molecule has 1 atom stereocenters. The molecule has 0 aromatic heterocycles. The molecule has 2 heteroatoms. The third-order valence-corrected chi connectivity index (χ3v) is 2.89. The molecule has 0 bridgehead atoms. The summed E-state index contributed by atoms with van der Waals surface area (Å²) in [6.45, 7) is 3.15. The van der Waals surface area contributed by atoms with Crippen LogP contribution >= 0.6 is 0 Å². The van der Waals surface area contributed by atoms with E-state index in [4.69, 9.17) is 5.11 Å². The molecule has 1 aliphatic carbocycles. The average molecular weight is 191 g/mol. The summed E-state index contributed by atoms with van der Waals surface area (Å²) < 4.78 is 0. The lowest BCUT2D eigenvalue weighted by Gasteiger charge is -2.12. The van der Waals surface area contributed by atoms with Crippen LogP contribution in [0.1, 0.15) is 25.3 Å². The van der Waals surface area contributed by atoms with Crippen LogP contribution in [0.4, 0.5) is 0 Å². The van der Waals surface area contributed by atoms with E-state index in [2.05, 4.69) is 12.2 Å². The Hall–Kier alpha value is -1.02. The van der Waals surface area contributed by atoms with Crippen molar-refractivity contribution in [2.75, 3.05) is 0 Å². The Balaban J connectivity index is 1.82. The molecule has 1 aromatic rings. The standard InChI is InChI=1S/C12H17NO/c1-9(11-4-5-11)13-8-10-2-6-12(14)7-3-10/h2-3,6-7,9,11,13-14H,4-5,8H2,1H3/t9-/m1/s1. The Bertz CT molecular complexity index is 290. The zero-order valence-corrected chi connectivity index (χ0v) is 8.53. The van der Waals surface area contributed by atoms with Crippen LogP contribution < -0.4 is 5.32 Å². The Morgan fingerprint density at radius 2 is 2.00 bits per heavy atom. The lowest BCUT2D eigenvalue weighted by molar-refractivity contribution is 0.473. The van der Waals surface area contributed by atoms with Crippen LogP contribution in [0.3, 0.4) is 0 Å². The Morgan fingerprint density at radius 3 is 2.57 bits per heavy atom. The van der Waals surface area contributed by atoms with Crippen molar-refractivity contribution in [3.8, 4) is 5.75 Å². The predicted molar refractivity (Wildman–Crippen MR) is 57.1 cm³/mol. The number of rotatable bonds is 4. The fraction of sp³-hybridized carbons (Fsp3) is 0.500. The van der Waals surface area contributed by atoms with Crippen molar-refractivity contribution in [1.82, 2.24) is 5.32 Å². The maximum atomic E-state index is 9.11. The summed E-state index contributed by atoms with van der Waals surface area (Å²) in [5, 5.41) is 12.6. The average Bonchev–Trinajstić information content (AvgIpc) is 3.00. The first kappa shape index (κ1) is 9.53. The molecule has 0 aliphatic heterocycles. The van der Waals surface area contributed by atoms with Crippen LogP contribution in [0.15, 0.2) is 24.3 Å². The first-order valence-electron chi connectivity index (χ1n) is 5.27. The van der Waals surface area contributed by atoms with E-state index in [0.29, 0.717) is 11.8 Å². The van der Waals surface area contributed by atoms with Gasteiger partial charge in [-0.3, -0.25) is 0 Å².